The average molecular weight is 902 g/mol. The molecule has 0 aliphatic carbocycles. The highest BCUT2D eigenvalue weighted by Crippen LogP contribution is 2.22. The van der Waals surface area contributed by atoms with Crippen LogP contribution in [-0.4, -0.2) is 100 Å². The number of carbonyl (C=O) groups is 2. The lowest BCUT2D eigenvalue weighted by atomic mass is 9.99. The Kier molecular flexibility index (Phi) is 39.5. The van der Waals surface area contributed by atoms with Crippen molar-refractivity contribution in [3.8, 4) is 0 Å². The van der Waals surface area contributed by atoms with Gasteiger partial charge in [-0.15, -0.1) is 0 Å². The zero-order valence-corrected chi connectivity index (χ0v) is 40.0. The number of nitrogens with one attached hydrogen (secondary N) is 1. The number of allylic oxidation sites excluding steroid dienone is 11. The lowest BCUT2D eigenvalue weighted by molar-refractivity contribution is -0.302. The van der Waals surface area contributed by atoms with Crippen LogP contribution in [0.15, 0.2) is 72.9 Å². The van der Waals surface area contributed by atoms with Gasteiger partial charge in [0, 0.05) is 12.8 Å². The Morgan fingerprint density at radius 2 is 1.11 bits per heavy atom. The van der Waals surface area contributed by atoms with E-state index in [4.69, 9.17) is 14.2 Å². The fourth-order valence-electron chi connectivity index (χ4n) is 7.16. The van der Waals surface area contributed by atoms with E-state index in [9.17, 15) is 35.1 Å². The Hall–Kier alpha value is -2.90. The first-order valence-electron chi connectivity index (χ1n) is 25.2. The van der Waals surface area contributed by atoms with Crippen LogP contribution in [0.5, 0.6) is 0 Å². The van der Waals surface area contributed by atoms with Crippen LogP contribution < -0.4 is 5.32 Å². The molecule has 1 heterocycles. The molecular weight excluding hydrogens is 811 g/mol. The molecular formula is C53H91NO10. The second-order valence-corrected chi connectivity index (χ2v) is 17.1. The maximum absolute atomic E-state index is 12.9. The largest absolute Gasteiger partial charge is 0.466 e. The molecule has 0 saturated carbocycles. The molecule has 7 atom stereocenters. The van der Waals surface area contributed by atoms with Crippen molar-refractivity contribution in [1.29, 1.82) is 0 Å². The molecule has 6 N–H and O–H groups in total. The predicted octanol–water partition coefficient (Wildman–Crippen LogP) is 10.1. The number of rotatable bonds is 41. The summed E-state index contributed by atoms with van der Waals surface area (Å²) in [6.45, 7) is 4.09. The maximum Gasteiger partial charge on any atom is 0.305 e. The summed E-state index contributed by atoms with van der Waals surface area (Å²) in [5, 5.41) is 54.0. The Morgan fingerprint density at radius 1 is 0.578 bits per heavy atom. The molecule has 368 valence electrons. The topological polar surface area (TPSA) is 175 Å². The molecule has 64 heavy (non-hydrogen) atoms. The van der Waals surface area contributed by atoms with Crippen LogP contribution in [0, 0.1) is 0 Å². The van der Waals surface area contributed by atoms with Gasteiger partial charge in [-0.05, 0) is 96.3 Å². The van der Waals surface area contributed by atoms with Gasteiger partial charge in [0.1, 0.15) is 24.4 Å². The van der Waals surface area contributed by atoms with Gasteiger partial charge in [-0.25, -0.2) is 0 Å². The van der Waals surface area contributed by atoms with Crippen molar-refractivity contribution in [3.05, 3.63) is 72.9 Å². The third-order valence-electron chi connectivity index (χ3n) is 11.2. The van der Waals surface area contributed by atoms with Gasteiger partial charge < -0.3 is 45.1 Å². The highest BCUT2D eigenvalue weighted by Gasteiger charge is 2.44. The van der Waals surface area contributed by atoms with E-state index < -0.39 is 49.5 Å². The zero-order chi connectivity index (χ0) is 46.7. The van der Waals surface area contributed by atoms with E-state index in [1.54, 1.807) is 6.08 Å². The molecule has 0 aromatic heterocycles. The molecule has 7 unspecified atom stereocenters. The lowest BCUT2D eigenvalue weighted by Crippen LogP contribution is -2.60. The van der Waals surface area contributed by atoms with E-state index in [1.807, 2.05) is 18.2 Å². The molecule has 11 nitrogen and oxygen atoms in total. The Labute approximate surface area is 388 Å². The quantitative estimate of drug-likeness (QED) is 0.0197. The summed E-state index contributed by atoms with van der Waals surface area (Å²) < 4.78 is 16.6. The Morgan fingerprint density at radius 3 is 1.73 bits per heavy atom. The minimum atomic E-state index is -1.60. The second kappa shape index (κ2) is 42.7. The first-order valence-corrected chi connectivity index (χ1v) is 25.2. The first-order chi connectivity index (χ1) is 31.2. The van der Waals surface area contributed by atoms with Gasteiger partial charge in [0.15, 0.2) is 6.29 Å². The normalized spacial score (nSPS) is 20.5. The minimum Gasteiger partial charge on any atom is -0.466 e. The van der Waals surface area contributed by atoms with E-state index in [2.05, 4.69) is 67.8 Å². The standard InChI is InChI=1S/C53H91NO10/c1-3-5-7-9-11-13-15-21-25-29-33-37-41-49(58)62-42-38-34-30-26-22-18-16-17-20-24-28-32-36-40-48(57)54-45(44-63-53-52(61)51(60)50(59)47(43-55)64-53)46(56)39-35-31-27-23-19-14-12-10-8-6-4-2/h8,10-11,13,17,19-20,23,28,32,35,39,45-47,50-53,55-56,59-61H,3-7,9,12,14-16,18,21-22,24-27,29-31,33-34,36-38,40-44H2,1-2H3,(H,54,57)/b10-8+,13-11-,20-17-,23-19+,32-28-,39-35+. The fraction of sp³-hybridized carbons (Fsp3) is 0.736. The molecule has 0 bridgehead atoms. The molecule has 1 saturated heterocycles. The van der Waals surface area contributed by atoms with E-state index in [0.717, 1.165) is 83.5 Å². The number of aliphatic hydroxyl groups is 5. The first kappa shape index (κ1) is 59.1. The summed E-state index contributed by atoms with van der Waals surface area (Å²) in [6, 6.07) is -0.879. The van der Waals surface area contributed by atoms with Crippen LogP contribution in [0.4, 0.5) is 0 Å². The second-order valence-electron chi connectivity index (χ2n) is 17.1. The van der Waals surface area contributed by atoms with Gasteiger partial charge in [-0.2, -0.15) is 0 Å². The van der Waals surface area contributed by atoms with Crippen molar-refractivity contribution in [1.82, 2.24) is 5.32 Å². The molecule has 1 aliphatic rings. The summed E-state index contributed by atoms with van der Waals surface area (Å²) in [6.07, 6.45) is 44.3. The Bertz CT molecular complexity index is 1290. The molecule has 1 amide bonds. The third-order valence-corrected chi connectivity index (χ3v) is 11.2. The van der Waals surface area contributed by atoms with E-state index >= 15 is 0 Å². The van der Waals surface area contributed by atoms with Crippen LogP contribution in [0.1, 0.15) is 187 Å². The van der Waals surface area contributed by atoms with Gasteiger partial charge in [0.05, 0.1) is 32.0 Å². The van der Waals surface area contributed by atoms with Crippen LogP contribution in [0.3, 0.4) is 0 Å². The number of ether oxygens (including phenoxy) is 3. The highest BCUT2D eigenvalue weighted by molar-refractivity contribution is 5.76. The molecule has 11 heteroatoms. The summed E-state index contributed by atoms with van der Waals surface area (Å²) in [5.74, 6) is -0.335. The van der Waals surface area contributed by atoms with E-state index in [0.29, 0.717) is 25.9 Å². The average Bonchev–Trinajstić information content (AvgIpc) is 3.29. The molecule has 1 fully saturated rings. The van der Waals surface area contributed by atoms with E-state index in [1.165, 1.54) is 64.2 Å². The van der Waals surface area contributed by atoms with Crippen molar-refractivity contribution >= 4 is 11.9 Å². The number of hydrogen-bond donors (Lipinski definition) is 6. The van der Waals surface area contributed by atoms with Gasteiger partial charge >= 0.3 is 5.97 Å². The monoisotopic (exact) mass is 902 g/mol. The summed E-state index contributed by atoms with van der Waals surface area (Å²) in [5.41, 5.74) is 0. The van der Waals surface area contributed by atoms with Gasteiger partial charge in [0.25, 0.3) is 0 Å². The van der Waals surface area contributed by atoms with E-state index in [-0.39, 0.29) is 24.9 Å². The van der Waals surface area contributed by atoms with Gasteiger partial charge in [0.2, 0.25) is 5.91 Å². The van der Waals surface area contributed by atoms with Crippen molar-refractivity contribution in [2.45, 2.75) is 230 Å². The summed E-state index contributed by atoms with van der Waals surface area (Å²) in [4.78, 5) is 24.9. The molecule has 0 aromatic rings. The number of aliphatic hydroxyl groups excluding tert-OH is 5. The zero-order valence-electron chi connectivity index (χ0n) is 40.0. The van der Waals surface area contributed by atoms with Crippen molar-refractivity contribution in [2.75, 3.05) is 19.8 Å². The van der Waals surface area contributed by atoms with Gasteiger partial charge in [-0.1, -0.05) is 151 Å². The van der Waals surface area contributed by atoms with Crippen LogP contribution in [-0.2, 0) is 23.8 Å². The van der Waals surface area contributed by atoms with Crippen molar-refractivity contribution in [2.24, 2.45) is 0 Å². The number of amides is 1. The number of esters is 1. The van der Waals surface area contributed by atoms with Gasteiger partial charge in [-0.3, -0.25) is 9.59 Å². The molecule has 0 radical (unpaired) electrons. The minimum absolute atomic E-state index is 0.0530. The Balaban J connectivity index is 2.25. The summed E-state index contributed by atoms with van der Waals surface area (Å²) >= 11 is 0. The van der Waals surface area contributed by atoms with Crippen LogP contribution in [0.25, 0.3) is 0 Å². The highest BCUT2D eigenvalue weighted by atomic mass is 16.7. The lowest BCUT2D eigenvalue weighted by Gasteiger charge is -2.40. The number of hydrogen-bond acceptors (Lipinski definition) is 10. The molecule has 0 aromatic carbocycles. The van der Waals surface area contributed by atoms with Crippen LogP contribution in [0.2, 0.25) is 0 Å². The van der Waals surface area contributed by atoms with Crippen molar-refractivity contribution in [3.63, 3.8) is 0 Å². The predicted molar refractivity (Wildman–Crippen MR) is 259 cm³/mol. The van der Waals surface area contributed by atoms with Crippen LogP contribution >= 0.6 is 0 Å². The molecule has 1 rings (SSSR count). The van der Waals surface area contributed by atoms with Crippen molar-refractivity contribution < 1.29 is 49.3 Å². The smallest absolute Gasteiger partial charge is 0.305 e. The molecule has 1 aliphatic heterocycles. The summed E-state index contributed by atoms with van der Waals surface area (Å²) in [7, 11) is 0. The third kappa shape index (κ3) is 32.7. The maximum atomic E-state index is 12.9. The molecule has 0 spiro atoms. The number of carbonyl (C=O) groups excluding carboxylic acids is 2. The fourth-order valence-corrected chi connectivity index (χ4v) is 7.16. The SMILES string of the molecule is CCC/C=C/CC/C=C/CC/C=C/C(O)C(COC1OC(CO)C(O)C(O)C1O)NC(=O)CC/C=C\C/C=C\CCCCCCCCOC(=O)CCCCCCC/C=C\CCCCC. The number of unbranched alkanes of at least 4 members (excludes halogenated alkanes) is 17.